The summed E-state index contributed by atoms with van der Waals surface area (Å²) in [6.45, 7) is 3.32. The van der Waals surface area contributed by atoms with E-state index in [0.717, 1.165) is 73.1 Å². The molecule has 0 unspecified atom stereocenters. The highest BCUT2D eigenvalue weighted by Crippen LogP contribution is 2.36. The number of hydrogen-bond donors (Lipinski definition) is 2. The Bertz CT molecular complexity index is 845. The normalized spacial score (nSPS) is 19.0. The van der Waals surface area contributed by atoms with Crippen LogP contribution in [0.3, 0.4) is 0 Å². The molecule has 2 aromatic rings. The monoisotopic (exact) mass is 381 g/mol. The minimum absolute atomic E-state index is 0.0481. The third-order valence-corrected chi connectivity index (χ3v) is 5.72. The van der Waals surface area contributed by atoms with E-state index < -0.39 is 0 Å². The number of amides is 1. The van der Waals surface area contributed by atoms with Crippen molar-refractivity contribution in [1.29, 1.82) is 0 Å². The molecule has 1 amide bonds. The van der Waals surface area contributed by atoms with Crippen LogP contribution >= 0.6 is 0 Å². The molecule has 0 bridgehead atoms. The van der Waals surface area contributed by atoms with Crippen molar-refractivity contribution in [1.82, 2.24) is 0 Å². The van der Waals surface area contributed by atoms with Gasteiger partial charge >= 0.3 is 0 Å². The van der Waals surface area contributed by atoms with Gasteiger partial charge in [-0.1, -0.05) is 0 Å². The maximum absolute atomic E-state index is 12.8. The molecule has 1 atom stereocenters. The molecule has 0 aromatic heterocycles. The molecule has 3 N–H and O–H groups in total. The Morgan fingerprint density at radius 3 is 2.61 bits per heavy atom. The van der Waals surface area contributed by atoms with Crippen LogP contribution in [0.4, 0.5) is 17.1 Å². The fourth-order valence-electron chi connectivity index (χ4n) is 4.11. The largest absolute Gasteiger partial charge is 0.496 e. The van der Waals surface area contributed by atoms with Gasteiger partial charge in [-0.25, -0.2) is 0 Å². The first-order chi connectivity index (χ1) is 13.7. The van der Waals surface area contributed by atoms with Crippen molar-refractivity contribution in [3.8, 4) is 5.75 Å². The topological polar surface area (TPSA) is 76.8 Å². The van der Waals surface area contributed by atoms with Gasteiger partial charge in [0.1, 0.15) is 5.75 Å². The van der Waals surface area contributed by atoms with E-state index in [4.69, 9.17) is 15.2 Å². The number of nitrogens with one attached hydrogen (secondary N) is 1. The van der Waals surface area contributed by atoms with Gasteiger partial charge in [-0.15, -0.1) is 0 Å². The van der Waals surface area contributed by atoms with Gasteiger partial charge in [0.05, 0.1) is 20.3 Å². The second kappa shape index (κ2) is 8.10. The number of nitrogens with two attached hydrogens (primary N) is 1. The summed E-state index contributed by atoms with van der Waals surface area (Å²) in [5.41, 5.74) is 11.1. The minimum Gasteiger partial charge on any atom is -0.496 e. The Balaban J connectivity index is 1.42. The molecule has 0 spiro atoms. The zero-order chi connectivity index (χ0) is 19.5. The number of anilines is 3. The number of carbonyl (C=O) groups excluding carboxylic acids is 1. The number of fused-ring (bicyclic) bond motifs is 1. The van der Waals surface area contributed by atoms with E-state index in [-0.39, 0.29) is 11.8 Å². The molecule has 1 heterocycles. The molecule has 0 radical (unpaired) electrons. The van der Waals surface area contributed by atoms with E-state index in [9.17, 15) is 4.79 Å². The predicted octanol–water partition coefficient (Wildman–Crippen LogP) is 2.86. The van der Waals surface area contributed by atoms with Crippen molar-refractivity contribution in [3.63, 3.8) is 0 Å². The van der Waals surface area contributed by atoms with Crippen LogP contribution in [0.15, 0.2) is 36.4 Å². The summed E-state index contributed by atoms with van der Waals surface area (Å²) in [5.74, 6) is 0.828. The van der Waals surface area contributed by atoms with Crippen LogP contribution in [-0.4, -0.2) is 39.3 Å². The van der Waals surface area contributed by atoms with Gasteiger partial charge in [-0.05, 0) is 66.8 Å². The smallest absolute Gasteiger partial charge is 0.227 e. The molecular formula is C22H27N3O3. The lowest BCUT2D eigenvalue weighted by atomic mass is 9.82. The molecule has 1 saturated heterocycles. The van der Waals surface area contributed by atoms with Gasteiger partial charge in [0, 0.05) is 36.1 Å². The lowest BCUT2D eigenvalue weighted by Gasteiger charge is -2.29. The Kier molecular flexibility index (Phi) is 5.39. The summed E-state index contributed by atoms with van der Waals surface area (Å²) in [6.07, 6.45) is 2.25. The zero-order valence-electron chi connectivity index (χ0n) is 16.2. The molecule has 2 aromatic carbocycles. The van der Waals surface area contributed by atoms with Gasteiger partial charge < -0.3 is 25.4 Å². The van der Waals surface area contributed by atoms with Crippen molar-refractivity contribution in [2.45, 2.75) is 19.3 Å². The number of ether oxygens (including phenoxy) is 2. The molecule has 1 aliphatic heterocycles. The van der Waals surface area contributed by atoms with Gasteiger partial charge in [-0.2, -0.15) is 0 Å². The third-order valence-electron chi connectivity index (χ3n) is 5.72. The van der Waals surface area contributed by atoms with Crippen molar-refractivity contribution in [3.05, 3.63) is 47.5 Å². The lowest BCUT2D eigenvalue weighted by molar-refractivity contribution is -0.120. The highest BCUT2D eigenvalue weighted by atomic mass is 16.5. The van der Waals surface area contributed by atoms with E-state index >= 15 is 0 Å². The SMILES string of the molecule is COc1ccc(N)c2c1CC[C@H](C(=O)Nc1ccc(N3CCOCC3)cc1)C2. The summed E-state index contributed by atoms with van der Waals surface area (Å²) < 4.78 is 10.8. The number of nitrogen functional groups attached to an aromatic ring is 1. The second-order valence-corrected chi connectivity index (χ2v) is 7.39. The van der Waals surface area contributed by atoms with Crippen LogP contribution in [0.5, 0.6) is 5.75 Å². The number of nitrogens with zero attached hydrogens (tertiary/aromatic N) is 1. The summed E-state index contributed by atoms with van der Waals surface area (Å²) in [7, 11) is 1.67. The zero-order valence-corrected chi connectivity index (χ0v) is 16.2. The van der Waals surface area contributed by atoms with E-state index in [1.165, 1.54) is 0 Å². The Hall–Kier alpha value is -2.73. The van der Waals surface area contributed by atoms with Crippen LogP contribution in [0.25, 0.3) is 0 Å². The van der Waals surface area contributed by atoms with Gasteiger partial charge in [0.15, 0.2) is 0 Å². The summed E-state index contributed by atoms with van der Waals surface area (Å²) in [5, 5.41) is 3.07. The molecule has 6 nitrogen and oxygen atoms in total. The van der Waals surface area contributed by atoms with Crippen molar-refractivity contribution >= 4 is 23.0 Å². The second-order valence-electron chi connectivity index (χ2n) is 7.39. The van der Waals surface area contributed by atoms with E-state index in [2.05, 4.69) is 22.3 Å². The van der Waals surface area contributed by atoms with E-state index in [1.54, 1.807) is 7.11 Å². The summed E-state index contributed by atoms with van der Waals surface area (Å²) in [6, 6.07) is 11.8. The number of carbonyl (C=O) groups is 1. The Morgan fingerprint density at radius 2 is 1.89 bits per heavy atom. The first-order valence-corrected chi connectivity index (χ1v) is 9.83. The Morgan fingerprint density at radius 1 is 1.14 bits per heavy atom. The number of rotatable bonds is 4. The molecule has 1 aliphatic carbocycles. The maximum atomic E-state index is 12.8. The van der Waals surface area contributed by atoms with Crippen LogP contribution in [0.2, 0.25) is 0 Å². The van der Waals surface area contributed by atoms with Gasteiger partial charge in [0.2, 0.25) is 5.91 Å². The molecule has 1 fully saturated rings. The standard InChI is InChI=1S/C22H27N3O3/c1-27-21-9-8-20(23)19-14-15(2-7-18(19)21)22(26)24-16-3-5-17(6-4-16)25-10-12-28-13-11-25/h3-6,8-9,15H,2,7,10-14,23H2,1H3,(H,24,26)/t15-/m0/s1. The average Bonchev–Trinajstić information content (AvgIpc) is 2.75. The molecular weight excluding hydrogens is 354 g/mol. The molecule has 6 heteroatoms. The van der Waals surface area contributed by atoms with Crippen LogP contribution < -0.4 is 20.7 Å². The van der Waals surface area contributed by atoms with Crippen molar-refractivity contribution in [2.75, 3.05) is 49.4 Å². The number of hydrogen-bond acceptors (Lipinski definition) is 5. The summed E-state index contributed by atoms with van der Waals surface area (Å²) in [4.78, 5) is 15.1. The van der Waals surface area contributed by atoms with Crippen molar-refractivity contribution in [2.24, 2.45) is 5.92 Å². The molecule has 28 heavy (non-hydrogen) atoms. The first-order valence-electron chi connectivity index (χ1n) is 9.83. The fourth-order valence-corrected chi connectivity index (χ4v) is 4.11. The summed E-state index contributed by atoms with van der Waals surface area (Å²) >= 11 is 0. The van der Waals surface area contributed by atoms with Crippen molar-refractivity contribution < 1.29 is 14.3 Å². The molecule has 4 rings (SSSR count). The lowest BCUT2D eigenvalue weighted by Crippen LogP contribution is -2.36. The number of benzene rings is 2. The van der Waals surface area contributed by atoms with Crippen LogP contribution in [0, 0.1) is 5.92 Å². The first kappa shape index (κ1) is 18.6. The average molecular weight is 381 g/mol. The van der Waals surface area contributed by atoms with Gasteiger partial charge in [-0.3, -0.25) is 4.79 Å². The van der Waals surface area contributed by atoms with E-state index in [1.807, 2.05) is 24.3 Å². The molecule has 0 saturated carbocycles. The van der Waals surface area contributed by atoms with Crippen LogP contribution in [0.1, 0.15) is 17.5 Å². The third kappa shape index (κ3) is 3.78. The number of morpholine rings is 1. The Labute approximate surface area is 165 Å². The highest BCUT2D eigenvalue weighted by Gasteiger charge is 2.28. The fraction of sp³-hybridized carbons (Fsp3) is 0.409. The highest BCUT2D eigenvalue weighted by molar-refractivity contribution is 5.93. The predicted molar refractivity (Wildman–Crippen MR) is 111 cm³/mol. The quantitative estimate of drug-likeness (QED) is 0.797. The van der Waals surface area contributed by atoms with E-state index in [0.29, 0.717) is 6.42 Å². The van der Waals surface area contributed by atoms with Gasteiger partial charge in [0.25, 0.3) is 0 Å². The molecule has 2 aliphatic rings. The number of methoxy groups -OCH3 is 1. The van der Waals surface area contributed by atoms with Crippen LogP contribution in [-0.2, 0) is 22.4 Å². The minimum atomic E-state index is -0.0826. The molecule has 148 valence electrons. The maximum Gasteiger partial charge on any atom is 0.227 e.